The maximum absolute atomic E-state index is 11.4. The normalized spacial score (nSPS) is 16.1. The molecule has 5 nitrogen and oxygen atoms in total. The van der Waals surface area contributed by atoms with E-state index in [1.54, 1.807) is 13.8 Å². The lowest BCUT2D eigenvalue weighted by Gasteiger charge is -2.20. The largest absolute Gasteiger partial charge is 0.481 e. The summed E-state index contributed by atoms with van der Waals surface area (Å²) in [4.78, 5) is 22.2. The molecule has 0 atom stereocenters. The monoisotopic (exact) mass is 226 g/mol. The second kappa shape index (κ2) is 5.01. The molecule has 16 heavy (non-hydrogen) atoms. The number of aliphatic carboxylic acids is 1. The van der Waals surface area contributed by atoms with Crippen LogP contribution in [0.2, 0.25) is 0 Å². The van der Waals surface area contributed by atoms with E-state index in [0.29, 0.717) is 0 Å². The van der Waals surface area contributed by atoms with Gasteiger partial charge in [0.2, 0.25) is 0 Å². The van der Waals surface area contributed by atoms with Crippen molar-refractivity contribution in [3.63, 3.8) is 0 Å². The predicted molar refractivity (Wildman–Crippen MR) is 60.1 cm³/mol. The molecule has 0 aromatic carbocycles. The minimum absolute atomic E-state index is 0.119. The van der Waals surface area contributed by atoms with Crippen LogP contribution in [-0.2, 0) is 4.79 Å². The topological polar surface area (TPSA) is 78.4 Å². The van der Waals surface area contributed by atoms with Crippen molar-refractivity contribution in [1.82, 2.24) is 10.6 Å². The minimum atomic E-state index is -0.939. The first-order chi connectivity index (χ1) is 7.42. The molecule has 0 aromatic rings. The van der Waals surface area contributed by atoms with E-state index in [9.17, 15) is 9.59 Å². The highest BCUT2D eigenvalue weighted by atomic mass is 16.4. The zero-order chi connectivity index (χ0) is 12.2. The Bertz CT molecular complexity index is 302. The molecule has 0 aliphatic heterocycles. The van der Waals surface area contributed by atoms with Crippen molar-refractivity contribution in [3.8, 4) is 0 Å². The number of carbonyl (C=O) groups is 2. The molecule has 5 heteroatoms. The molecule has 2 amide bonds. The Labute approximate surface area is 94.9 Å². The molecule has 1 aliphatic carbocycles. The Morgan fingerprint density at radius 2 is 1.94 bits per heavy atom. The zero-order valence-corrected chi connectivity index (χ0v) is 9.62. The number of carboxylic acid groups (broad SMARTS) is 1. The smallest absolute Gasteiger partial charge is 0.315 e. The van der Waals surface area contributed by atoms with E-state index >= 15 is 0 Å². The Morgan fingerprint density at radius 3 is 2.44 bits per heavy atom. The van der Waals surface area contributed by atoms with Crippen molar-refractivity contribution in [2.45, 2.75) is 32.7 Å². The number of hydrogen-bond donors (Lipinski definition) is 3. The number of amides is 2. The fourth-order valence-corrected chi connectivity index (χ4v) is 1.35. The number of nitrogens with one attached hydrogen (secondary N) is 2. The number of urea groups is 1. The predicted octanol–water partition coefficient (Wildman–Crippen LogP) is 1.11. The second-order valence-corrected chi connectivity index (χ2v) is 4.66. The standard InChI is InChI=1S/C11H18N2O3/c1-11(2,9(14)15)7-12-10(16)13-8-5-3-4-6-8/h3-4,8H,5-7H2,1-2H3,(H,14,15)(H2,12,13,16). The molecule has 0 heterocycles. The summed E-state index contributed by atoms with van der Waals surface area (Å²) >= 11 is 0. The summed E-state index contributed by atoms with van der Waals surface area (Å²) in [6.45, 7) is 3.27. The van der Waals surface area contributed by atoms with Crippen LogP contribution < -0.4 is 10.6 Å². The molecule has 3 N–H and O–H groups in total. The summed E-state index contributed by atoms with van der Waals surface area (Å²) in [5.74, 6) is -0.921. The third kappa shape index (κ3) is 3.56. The molecule has 0 saturated heterocycles. The SMILES string of the molecule is CC(C)(CNC(=O)NC1CC=CC1)C(=O)O. The lowest BCUT2D eigenvalue weighted by Crippen LogP contribution is -2.46. The van der Waals surface area contributed by atoms with Gasteiger partial charge >= 0.3 is 12.0 Å². The van der Waals surface area contributed by atoms with Gasteiger partial charge in [-0.05, 0) is 26.7 Å². The average Bonchev–Trinajstić information content (AvgIpc) is 2.67. The highest BCUT2D eigenvalue weighted by Gasteiger charge is 2.27. The van der Waals surface area contributed by atoms with Gasteiger partial charge in [0.15, 0.2) is 0 Å². The van der Waals surface area contributed by atoms with Gasteiger partial charge in [0.25, 0.3) is 0 Å². The van der Waals surface area contributed by atoms with Gasteiger partial charge in [0.05, 0.1) is 5.41 Å². The first-order valence-electron chi connectivity index (χ1n) is 5.34. The van der Waals surface area contributed by atoms with Crippen molar-refractivity contribution in [2.24, 2.45) is 5.41 Å². The van der Waals surface area contributed by atoms with Gasteiger partial charge in [-0.2, -0.15) is 0 Å². The summed E-state index contributed by atoms with van der Waals surface area (Å²) in [5.41, 5.74) is -0.939. The van der Waals surface area contributed by atoms with Gasteiger partial charge < -0.3 is 15.7 Å². The molecular formula is C11H18N2O3. The van der Waals surface area contributed by atoms with Crippen LogP contribution in [0.3, 0.4) is 0 Å². The van der Waals surface area contributed by atoms with Crippen LogP contribution in [0.15, 0.2) is 12.2 Å². The third-order valence-electron chi connectivity index (χ3n) is 2.61. The highest BCUT2D eigenvalue weighted by molar-refractivity contribution is 5.77. The summed E-state index contributed by atoms with van der Waals surface area (Å²) < 4.78 is 0. The van der Waals surface area contributed by atoms with Gasteiger partial charge in [-0.3, -0.25) is 4.79 Å². The Kier molecular flexibility index (Phi) is 3.93. The molecule has 1 aliphatic rings. The summed E-state index contributed by atoms with van der Waals surface area (Å²) in [7, 11) is 0. The maximum Gasteiger partial charge on any atom is 0.315 e. The molecule has 90 valence electrons. The molecule has 1 rings (SSSR count). The lowest BCUT2D eigenvalue weighted by molar-refractivity contribution is -0.146. The van der Waals surface area contributed by atoms with Crippen molar-refractivity contribution in [1.29, 1.82) is 0 Å². The minimum Gasteiger partial charge on any atom is -0.481 e. The van der Waals surface area contributed by atoms with Gasteiger partial charge in [0, 0.05) is 12.6 Å². The summed E-state index contributed by atoms with van der Waals surface area (Å²) in [6, 6.07) is -0.157. The Hall–Kier alpha value is -1.52. The van der Waals surface area contributed by atoms with Crippen LogP contribution >= 0.6 is 0 Å². The van der Waals surface area contributed by atoms with E-state index in [1.165, 1.54) is 0 Å². The van der Waals surface area contributed by atoms with Crippen LogP contribution in [-0.4, -0.2) is 29.7 Å². The summed E-state index contributed by atoms with van der Waals surface area (Å²) in [5, 5.41) is 14.2. The molecule has 0 saturated carbocycles. The van der Waals surface area contributed by atoms with E-state index in [2.05, 4.69) is 10.6 Å². The molecule has 0 spiro atoms. The quantitative estimate of drug-likeness (QED) is 0.628. The van der Waals surface area contributed by atoms with Crippen LogP contribution in [0.1, 0.15) is 26.7 Å². The van der Waals surface area contributed by atoms with E-state index in [-0.39, 0.29) is 18.6 Å². The van der Waals surface area contributed by atoms with Crippen molar-refractivity contribution in [2.75, 3.05) is 6.54 Å². The van der Waals surface area contributed by atoms with Gasteiger partial charge in [0.1, 0.15) is 0 Å². The van der Waals surface area contributed by atoms with Crippen LogP contribution in [0.5, 0.6) is 0 Å². The Morgan fingerprint density at radius 1 is 1.38 bits per heavy atom. The zero-order valence-electron chi connectivity index (χ0n) is 9.62. The van der Waals surface area contributed by atoms with Crippen molar-refractivity contribution < 1.29 is 14.7 Å². The molecule has 0 unspecified atom stereocenters. The molecule has 0 aromatic heterocycles. The molecule has 0 fully saturated rings. The van der Waals surface area contributed by atoms with E-state index in [1.807, 2.05) is 12.2 Å². The fraction of sp³-hybridized carbons (Fsp3) is 0.636. The van der Waals surface area contributed by atoms with E-state index < -0.39 is 11.4 Å². The van der Waals surface area contributed by atoms with Gasteiger partial charge in [-0.15, -0.1) is 0 Å². The molecular weight excluding hydrogens is 208 g/mol. The lowest BCUT2D eigenvalue weighted by atomic mass is 9.94. The van der Waals surface area contributed by atoms with Crippen LogP contribution in [0.25, 0.3) is 0 Å². The number of rotatable bonds is 4. The molecule has 0 radical (unpaired) electrons. The number of carboxylic acids is 1. The van der Waals surface area contributed by atoms with Crippen molar-refractivity contribution in [3.05, 3.63) is 12.2 Å². The van der Waals surface area contributed by atoms with Crippen LogP contribution in [0.4, 0.5) is 4.79 Å². The number of hydrogen-bond acceptors (Lipinski definition) is 2. The van der Waals surface area contributed by atoms with E-state index in [4.69, 9.17) is 5.11 Å². The Balaban J connectivity index is 2.27. The molecule has 0 bridgehead atoms. The maximum atomic E-state index is 11.4. The second-order valence-electron chi connectivity index (χ2n) is 4.66. The summed E-state index contributed by atoms with van der Waals surface area (Å²) in [6.07, 6.45) is 5.73. The van der Waals surface area contributed by atoms with Crippen molar-refractivity contribution >= 4 is 12.0 Å². The van der Waals surface area contributed by atoms with Gasteiger partial charge in [-0.25, -0.2) is 4.79 Å². The highest BCUT2D eigenvalue weighted by Crippen LogP contribution is 2.13. The average molecular weight is 226 g/mol. The first-order valence-corrected chi connectivity index (χ1v) is 5.34. The van der Waals surface area contributed by atoms with Gasteiger partial charge in [-0.1, -0.05) is 12.2 Å². The van der Waals surface area contributed by atoms with Crippen LogP contribution in [0, 0.1) is 5.41 Å². The van der Waals surface area contributed by atoms with E-state index in [0.717, 1.165) is 12.8 Å². The first kappa shape index (κ1) is 12.5. The third-order valence-corrected chi connectivity index (χ3v) is 2.61. The fourth-order valence-electron chi connectivity index (χ4n) is 1.35. The number of carbonyl (C=O) groups excluding carboxylic acids is 1.